The van der Waals surface area contributed by atoms with Gasteiger partial charge in [0.1, 0.15) is 5.76 Å². The van der Waals surface area contributed by atoms with E-state index in [-0.39, 0.29) is 17.6 Å². The maximum Gasteiger partial charge on any atom is 0.270 e. The summed E-state index contributed by atoms with van der Waals surface area (Å²) in [6.45, 7) is 5.65. The van der Waals surface area contributed by atoms with Crippen molar-refractivity contribution in [2.45, 2.75) is 38.5 Å². The number of hydrogen-bond acceptors (Lipinski definition) is 4. The van der Waals surface area contributed by atoms with Gasteiger partial charge in [0.15, 0.2) is 0 Å². The lowest BCUT2D eigenvalue weighted by Gasteiger charge is -2.41. The Morgan fingerprint density at radius 3 is 2.69 bits per heavy atom. The lowest BCUT2D eigenvalue weighted by molar-refractivity contribution is -0.216. The third-order valence-electron chi connectivity index (χ3n) is 6.08. The molecule has 0 spiro atoms. The number of benzene rings is 1. The second kappa shape index (κ2) is 5.30. The van der Waals surface area contributed by atoms with Crippen LogP contribution in [0.4, 0.5) is 0 Å². The molecular weight excluding hydrogens is 330 g/mol. The number of Topliss-reactive ketones (excluding diaryl/α,β-unsaturated/α-hetero) is 1. The summed E-state index contributed by atoms with van der Waals surface area (Å²) in [5.74, 6) is -1.23. The molecule has 0 saturated heterocycles. The Morgan fingerprint density at radius 1 is 1.35 bits per heavy atom. The Hall–Kier alpha value is -2.40. The Balaban J connectivity index is 1.96. The molecule has 1 heterocycles. The number of aliphatic hydroxyl groups is 1. The molecule has 0 bridgehead atoms. The Morgan fingerprint density at radius 2 is 2.04 bits per heavy atom. The Kier molecular flexibility index (Phi) is 3.47. The van der Waals surface area contributed by atoms with Crippen LogP contribution in [0.25, 0.3) is 0 Å². The molecule has 3 unspecified atom stereocenters. The second-order valence-corrected chi connectivity index (χ2v) is 7.72. The smallest absolute Gasteiger partial charge is 0.270 e. The van der Waals surface area contributed by atoms with Crippen molar-refractivity contribution in [3.05, 3.63) is 58.9 Å². The third-order valence-corrected chi connectivity index (χ3v) is 6.08. The first-order chi connectivity index (χ1) is 12.2. The van der Waals surface area contributed by atoms with Crippen LogP contribution in [0.2, 0.25) is 0 Å². The quantitative estimate of drug-likeness (QED) is 0.888. The zero-order valence-corrected chi connectivity index (χ0v) is 15.4. The molecule has 1 aliphatic heterocycles. The van der Waals surface area contributed by atoms with Gasteiger partial charge in [-0.2, -0.15) is 0 Å². The number of fused-ring (bicyclic) bond motifs is 4. The summed E-state index contributed by atoms with van der Waals surface area (Å²) in [4.78, 5) is 27.2. The molecule has 136 valence electrons. The fourth-order valence-corrected chi connectivity index (χ4v) is 4.51. The molecule has 3 aliphatic rings. The summed E-state index contributed by atoms with van der Waals surface area (Å²) in [6.07, 6.45) is 4.53. The summed E-state index contributed by atoms with van der Waals surface area (Å²) in [7, 11) is 1.55. The fourth-order valence-electron chi connectivity index (χ4n) is 4.51. The first-order valence-electron chi connectivity index (χ1n) is 8.97. The Bertz CT molecular complexity index is 884. The second-order valence-electron chi connectivity index (χ2n) is 7.72. The summed E-state index contributed by atoms with van der Waals surface area (Å²) in [6, 6.07) is 6.90. The average molecular weight is 353 g/mol. The summed E-state index contributed by atoms with van der Waals surface area (Å²) >= 11 is 0. The standard InChI is InChI=1S/C21H23NO4/c1-12(2)14-9-10-17-18(11-14)26-21(25)16-8-6-5-7-15(16)19(24)20(17,21)22(4)13(3)23/h5-10,12,14,25H,11H2,1-4H3. The molecule has 5 nitrogen and oxygen atoms in total. The number of carbonyl (C=O) groups is 2. The van der Waals surface area contributed by atoms with E-state index in [9.17, 15) is 14.7 Å². The molecule has 0 saturated carbocycles. The van der Waals surface area contributed by atoms with E-state index in [2.05, 4.69) is 19.9 Å². The highest BCUT2D eigenvalue weighted by Crippen LogP contribution is 2.59. The van der Waals surface area contributed by atoms with Gasteiger partial charge in [-0.1, -0.05) is 50.3 Å². The van der Waals surface area contributed by atoms with Crippen LogP contribution in [0.3, 0.4) is 0 Å². The van der Waals surface area contributed by atoms with Gasteiger partial charge >= 0.3 is 0 Å². The topological polar surface area (TPSA) is 66.8 Å². The normalized spacial score (nSPS) is 31.6. The molecular formula is C21H23NO4. The summed E-state index contributed by atoms with van der Waals surface area (Å²) in [5.41, 5.74) is -0.164. The number of ether oxygens (including phenoxy) is 1. The minimum absolute atomic E-state index is 0.265. The van der Waals surface area contributed by atoms with Crippen molar-refractivity contribution >= 4 is 11.7 Å². The molecule has 0 radical (unpaired) electrons. The van der Waals surface area contributed by atoms with Crippen LogP contribution in [0.5, 0.6) is 0 Å². The van der Waals surface area contributed by atoms with E-state index in [1.165, 1.54) is 11.8 Å². The van der Waals surface area contributed by atoms with Gasteiger partial charge in [-0.15, -0.1) is 0 Å². The molecule has 1 N–H and O–H groups in total. The number of rotatable bonds is 2. The van der Waals surface area contributed by atoms with E-state index in [0.29, 0.717) is 34.8 Å². The number of hydrogen-bond donors (Lipinski definition) is 1. The van der Waals surface area contributed by atoms with Crippen LogP contribution < -0.4 is 0 Å². The van der Waals surface area contributed by atoms with Crippen molar-refractivity contribution in [1.29, 1.82) is 0 Å². The fraction of sp³-hybridized carbons (Fsp3) is 0.429. The SMILES string of the molecule is CC(=O)N(C)C12C(=O)c3ccccc3C1(O)OC1=C2C=CC(C(C)C)C1. The zero-order valence-electron chi connectivity index (χ0n) is 15.4. The Labute approximate surface area is 152 Å². The maximum absolute atomic E-state index is 13.5. The highest BCUT2D eigenvalue weighted by molar-refractivity contribution is 6.13. The van der Waals surface area contributed by atoms with Gasteiger partial charge in [0.2, 0.25) is 17.2 Å². The van der Waals surface area contributed by atoms with Crippen molar-refractivity contribution in [2.24, 2.45) is 11.8 Å². The number of nitrogens with zero attached hydrogens (tertiary/aromatic N) is 1. The lowest BCUT2D eigenvalue weighted by atomic mass is 9.76. The molecule has 3 atom stereocenters. The number of ketones is 1. The van der Waals surface area contributed by atoms with Crippen LogP contribution in [0, 0.1) is 11.8 Å². The molecule has 26 heavy (non-hydrogen) atoms. The van der Waals surface area contributed by atoms with E-state index in [4.69, 9.17) is 4.74 Å². The molecule has 1 aromatic rings. The highest BCUT2D eigenvalue weighted by atomic mass is 16.6. The van der Waals surface area contributed by atoms with E-state index in [1.54, 1.807) is 31.3 Å². The van der Waals surface area contributed by atoms with Crippen molar-refractivity contribution in [3.63, 3.8) is 0 Å². The first kappa shape index (κ1) is 17.0. The van der Waals surface area contributed by atoms with Gasteiger partial charge in [-0.3, -0.25) is 9.59 Å². The summed E-state index contributed by atoms with van der Waals surface area (Å²) < 4.78 is 6.10. The molecule has 4 rings (SSSR count). The monoisotopic (exact) mass is 353 g/mol. The van der Waals surface area contributed by atoms with Crippen molar-refractivity contribution in [3.8, 4) is 0 Å². The number of allylic oxidation sites excluding steroid dienone is 2. The molecule has 1 amide bonds. The van der Waals surface area contributed by atoms with Crippen LogP contribution >= 0.6 is 0 Å². The molecule has 1 aromatic carbocycles. The third kappa shape index (κ3) is 1.79. The van der Waals surface area contributed by atoms with Gasteiger partial charge in [0.05, 0.1) is 0 Å². The van der Waals surface area contributed by atoms with Gasteiger partial charge in [-0.05, 0) is 11.8 Å². The number of carbonyl (C=O) groups excluding carboxylic acids is 2. The van der Waals surface area contributed by atoms with E-state index in [1.807, 2.05) is 6.08 Å². The lowest BCUT2D eigenvalue weighted by Crippen LogP contribution is -2.62. The van der Waals surface area contributed by atoms with Crippen LogP contribution in [0.15, 0.2) is 47.7 Å². The molecule has 2 aliphatic carbocycles. The van der Waals surface area contributed by atoms with Crippen LogP contribution in [-0.4, -0.2) is 34.3 Å². The molecule has 5 heteroatoms. The average Bonchev–Trinajstić information content (AvgIpc) is 2.98. The summed E-state index contributed by atoms with van der Waals surface area (Å²) in [5, 5.41) is 11.7. The highest BCUT2D eigenvalue weighted by Gasteiger charge is 2.73. The predicted molar refractivity (Wildman–Crippen MR) is 96.0 cm³/mol. The van der Waals surface area contributed by atoms with Crippen molar-refractivity contribution < 1.29 is 19.4 Å². The van der Waals surface area contributed by atoms with Crippen LogP contribution in [-0.2, 0) is 15.3 Å². The molecule has 0 fully saturated rings. The zero-order chi connectivity index (χ0) is 18.9. The van der Waals surface area contributed by atoms with Gasteiger partial charge in [0.25, 0.3) is 5.79 Å². The largest absolute Gasteiger partial charge is 0.459 e. The first-order valence-corrected chi connectivity index (χ1v) is 8.97. The minimum atomic E-state index is -1.90. The van der Waals surface area contributed by atoms with Gasteiger partial charge < -0.3 is 14.7 Å². The van der Waals surface area contributed by atoms with Gasteiger partial charge in [0, 0.05) is 37.1 Å². The predicted octanol–water partition coefficient (Wildman–Crippen LogP) is 2.76. The van der Waals surface area contributed by atoms with E-state index >= 15 is 0 Å². The minimum Gasteiger partial charge on any atom is -0.459 e. The van der Waals surface area contributed by atoms with Crippen molar-refractivity contribution in [2.75, 3.05) is 7.05 Å². The molecule has 0 aromatic heterocycles. The van der Waals surface area contributed by atoms with Crippen LogP contribution in [0.1, 0.15) is 43.1 Å². The maximum atomic E-state index is 13.5. The van der Waals surface area contributed by atoms with E-state index in [0.717, 1.165) is 0 Å². The number of amides is 1. The van der Waals surface area contributed by atoms with E-state index < -0.39 is 11.3 Å². The van der Waals surface area contributed by atoms with Crippen molar-refractivity contribution in [1.82, 2.24) is 4.90 Å². The number of likely N-dealkylation sites (N-methyl/N-ethyl adjacent to an activating group) is 1. The van der Waals surface area contributed by atoms with Gasteiger partial charge in [-0.25, -0.2) is 0 Å².